The van der Waals surface area contributed by atoms with Crippen molar-refractivity contribution in [3.05, 3.63) is 65.4 Å². The van der Waals surface area contributed by atoms with Crippen molar-refractivity contribution in [2.45, 2.75) is 49.4 Å². The van der Waals surface area contributed by atoms with Crippen LogP contribution in [0.25, 0.3) is 5.69 Å². The van der Waals surface area contributed by atoms with E-state index >= 15 is 0 Å². The van der Waals surface area contributed by atoms with E-state index in [1.165, 1.54) is 11.8 Å². The Balaban J connectivity index is 1.52. The molecule has 0 aliphatic heterocycles. The highest BCUT2D eigenvalue weighted by Gasteiger charge is 2.38. The molecule has 0 spiro atoms. The van der Waals surface area contributed by atoms with Gasteiger partial charge >= 0.3 is 0 Å². The lowest BCUT2D eigenvalue weighted by atomic mass is 9.81. The second kappa shape index (κ2) is 10.9. The first-order valence-corrected chi connectivity index (χ1v) is 12.6. The van der Waals surface area contributed by atoms with Gasteiger partial charge in [-0.1, -0.05) is 73.0 Å². The quantitative estimate of drug-likeness (QED) is 0.395. The van der Waals surface area contributed by atoms with E-state index in [0.717, 1.165) is 37.8 Å². The van der Waals surface area contributed by atoms with Gasteiger partial charge in [0.25, 0.3) is 0 Å². The van der Waals surface area contributed by atoms with Crippen molar-refractivity contribution >= 4 is 29.3 Å². The molecular weight excluding hydrogens is 470 g/mol. The minimum Gasteiger partial charge on any atom is -0.484 e. The molecule has 1 amide bonds. The lowest BCUT2D eigenvalue weighted by Gasteiger charge is -2.39. The monoisotopic (exact) mass is 495 g/mol. The standard InChI is InChI=1S/C25H26ClN5O2S/c1-30(25(18-27)14-8-3-9-15-25)23(32)17-34-24-29-28-22(31(24)19-10-4-2-5-11-19)16-33-21-13-7-6-12-20(21)26/h2,4-7,10-13H,3,8-9,14-17H2,1H3. The van der Waals surface area contributed by atoms with E-state index in [0.29, 0.717) is 21.8 Å². The van der Waals surface area contributed by atoms with Gasteiger partial charge in [0.2, 0.25) is 5.91 Å². The van der Waals surface area contributed by atoms with E-state index in [-0.39, 0.29) is 18.3 Å². The summed E-state index contributed by atoms with van der Waals surface area (Å²) in [5, 5.41) is 19.6. The van der Waals surface area contributed by atoms with E-state index in [1.807, 2.05) is 47.0 Å². The number of para-hydroxylation sites is 2. The number of aromatic nitrogens is 3. The Kier molecular flexibility index (Phi) is 7.76. The highest BCUT2D eigenvalue weighted by atomic mass is 35.5. The third-order valence-electron chi connectivity index (χ3n) is 6.14. The number of ether oxygens (including phenoxy) is 1. The predicted molar refractivity (Wildman–Crippen MR) is 132 cm³/mol. The molecule has 2 aromatic carbocycles. The van der Waals surface area contributed by atoms with Gasteiger partial charge in [-0.05, 0) is 37.1 Å². The number of amides is 1. The molecule has 0 N–H and O–H groups in total. The van der Waals surface area contributed by atoms with Crippen molar-refractivity contribution in [2.75, 3.05) is 12.8 Å². The maximum Gasteiger partial charge on any atom is 0.234 e. The Morgan fingerprint density at radius 1 is 1.15 bits per heavy atom. The summed E-state index contributed by atoms with van der Waals surface area (Å²) >= 11 is 7.52. The first kappa shape index (κ1) is 24.1. The Hall–Kier alpha value is -3.02. The first-order valence-electron chi connectivity index (χ1n) is 11.2. The molecule has 1 heterocycles. The number of carbonyl (C=O) groups is 1. The lowest BCUT2D eigenvalue weighted by molar-refractivity contribution is -0.131. The highest BCUT2D eigenvalue weighted by molar-refractivity contribution is 7.99. The zero-order valence-electron chi connectivity index (χ0n) is 19.0. The van der Waals surface area contributed by atoms with Crippen LogP contribution in [0.4, 0.5) is 0 Å². The van der Waals surface area contributed by atoms with E-state index in [1.54, 1.807) is 24.1 Å². The predicted octanol–water partition coefficient (Wildman–Crippen LogP) is 5.28. The smallest absolute Gasteiger partial charge is 0.234 e. The van der Waals surface area contributed by atoms with Crippen LogP contribution in [0, 0.1) is 11.3 Å². The van der Waals surface area contributed by atoms with Crippen LogP contribution in [-0.4, -0.2) is 43.9 Å². The molecule has 9 heteroatoms. The molecule has 0 bridgehead atoms. The van der Waals surface area contributed by atoms with Crippen LogP contribution < -0.4 is 4.74 Å². The van der Waals surface area contributed by atoms with Gasteiger partial charge in [-0.25, -0.2) is 0 Å². The van der Waals surface area contributed by atoms with Crippen LogP contribution in [0.2, 0.25) is 5.02 Å². The van der Waals surface area contributed by atoms with Crippen LogP contribution in [-0.2, 0) is 11.4 Å². The molecule has 1 aromatic heterocycles. The summed E-state index contributed by atoms with van der Waals surface area (Å²) in [6.07, 6.45) is 4.49. The largest absolute Gasteiger partial charge is 0.484 e. The van der Waals surface area contributed by atoms with Crippen molar-refractivity contribution in [3.8, 4) is 17.5 Å². The summed E-state index contributed by atoms with van der Waals surface area (Å²) in [4.78, 5) is 14.7. The van der Waals surface area contributed by atoms with Crippen molar-refractivity contribution in [1.29, 1.82) is 5.26 Å². The fourth-order valence-corrected chi connectivity index (χ4v) is 5.22. The second-order valence-corrected chi connectivity index (χ2v) is 9.58. The molecule has 1 aliphatic rings. The minimum absolute atomic E-state index is 0.0927. The van der Waals surface area contributed by atoms with Crippen molar-refractivity contribution in [3.63, 3.8) is 0 Å². The molecule has 0 atom stereocenters. The average Bonchev–Trinajstić information content (AvgIpc) is 3.30. The van der Waals surface area contributed by atoms with Crippen LogP contribution in [0.1, 0.15) is 37.9 Å². The molecule has 0 saturated heterocycles. The molecule has 34 heavy (non-hydrogen) atoms. The molecule has 1 saturated carbocycles. The van der Waals surface area contributed by atoms with Crippen LogP contribution in [0.5, 0.6) is 5.75 Å². The van der Waals surface area contributed by atoms with Crippen LogP contribution in [0.15, 0.2) is 59.8 Å². The normalized spacial score (nSPS) is 14.9. The van der Waals surface area contributed by atoms with E-state index in [4.69, 9.17) is 16.3 Å². The minimum atomic E-state index is -0.711. The number of rotatable bonds is 8. The summed E-state index contributed by atoms with van der Waals surface area (Å²) in [7, 11) is 1.74. The number of hydrogen-bond acceptors (Lipinski definition) is 6. The van der Waals surface area contributed by atoms with Gasteiger partial charge in [0, 0.05) is 12.7 Å². The van der Waals surface area contributed by atoms with Gasteiger partial charge in [0.05, 0.1) is 16.8 Å². The number of nitriles is 1. The van der Waals surface area contributed by atoms with Gasteiger partial charge in [-0.2, -0.15) is 5.26 Å². The summed E-state index contributed by atoms with van der Waals surface area (Å²) in [6, 6.07) is 19.4. The molecule has 1 aliphatic carbocycles. The fraction of sp³-hybridized carbons (Fsp3) is 0.360. The van der Waals surface area contributed by atoms with E-state index < -0.39 is 5.54 Å². The molecule has 176 valence electrons. The van der Waals surface area contributed by atoms with Crippen molar-refractivity contribution in [2.24, 2.45) is 0 Å². The summed E-state index contributed by atoms with van der Waals surface area (Å²) < 4.78 is 7.78. The lowest BCUT2D eigenvalue weighted by Crippen LogP contribution is -2.50. The second-order valence-electron chi connectivity index (χ2n) is 8.23. The highest BCUT2D eigenvalue weighted by Crippen LogP contribution is 2.33. The summed E-state index contributed by atoms with van der Waals surface area (Å²) in [5.74, 6) is 1.23. The zero-order chi connectivity index (χ0) is 24.0. The maximum atomic E-state index is 13.0. The van der Waals surface area contributed by atoms with Gasteiger partial charge < -0.3 is 9.64 Å². The molecule has 1 fully saturated rings. The third kappa shape index (κ3) is 5.21. The van der Waals surface area contributed by atoms with Gasteiger partial charge in [-0.3, -0.25) is 9.36 Å². The summed E-state index contributed by atoms with van der Waals surface area (Å²) in [5.41, 5.74) is 0.158. The first-order chi connectivity index (χ1) is 16.5. The Morgan fingerprint density at radius 2 is 1.85 bits per heavy atom. The van der Waals surface area contributed by atoms with Crippen molar-refractivity contribution in [1.82, 2.24) is 19.7 Å². The van der Waals surface area contributed by atoms with Crippen LogP contribution >= 0.6 is 23.4 Å². The molecule has 4 rings (SSSR count). The number of thioether (sulfide) groups is 1. The average molecular weight is 496 g/mol. The van der Waals surface area contributed by atoms with E-state index in [9.17, 15) is 10.1 Å². The number of nitrogens with zero attached hydrogens (tertiary/aromatic N) is 5. The van der Waals surface area contributed by atoms with E-state index in [2.05, 4.69) is 16.3 Å². The molecular formula is C25H26ClN5O2S. The molecule has 3 aromatic rings. The Labute approximate surface area is 208 Å². The van der Waals surface area contributed by atoms with Crippen molar-refractivity contribution < 1.29 is 9.53 Å². The third-order valence-corrected chi connectivity index (χ3v) is 7.36. The Morgan fingerprint density at radius 3 is 2.56 bits per heavy atom. The zero-order valence-corrected chi connectivity index (χ0v) is 20.6. The van der Waals surface area contributed by atoms with Gasteiger partial charge in [0.1, 0.15) is 17.9 Å². The summed E-state index contributed by atoms with van der Waals surface area (Å²) in [6.45, 7) is 0.164. The molecule has 0 unspecified atom stereocenters. The van der Waals surface area contributed by atoms with Gasteiger partial charge in [0.15, 0.2) is 11.0 Å². The van der Waals surface area contributed by atoms with Crippen LogP contribution in [0.3, 0.4) is 0 Å². The number of halogens is 1. The SMILES string of the molecule is CN(C(=O)CSc1nnc(COc2ccccc2Cl)n1-c1ccccc1)C1(C#N)CCCCC1. The number of hydrogen-bond donors (Lipinski definition) is 0. The number of carbonyl (C=O) groups excluding carboxylic acids is 1. The maximum absolute atomic E-state index is 13.0. The number of benzene rings is 2. The van der Waals surface area contributed by atoms with Gasteiger partial charge in [-0.15, -0.1) is 10.2 Å². The Bertz CT molecular complexity index is 1170. The fourth-order valence-electron chi connectivity index (χ4n) is 4.15. The molecule has 7 nitrogen and oxygen atoms in total. The topological polar surface area (TPSA) is 84.0 Å². The molecule has 0 radical (unpaired) electrons.